The van der Waals surface area contributed by atoms with Crippen molar-refractivity contribution in [2.45, 2.75) is 19.0 Å². The Kier molecular flexibility index (Phi) is 6.20. The van der Waals surface area contributed by atoms with Crippen LogP contribution in [-0.2, 0) is 4.79 Å². The number of rotatable bonds is 6. The highest BCUT2D eigenvalue weighted by atomic mass is 35.5. The summed E-state index contributed by atoms with van der Waals surface area (Å²) in [7, 11) is 1.52. The molecule has 0 unspecified atom stereocenters. The van der Waals surface area contributed by atoms with Crippen LogP contribution >= 0.6 is 23.4 Å². The number of anilines is 1. The molecule has 0 aliphatic carbocycles. The second-order valence-electron chi connectivity index (χ2n) is 7.12. The van der Waals surface area contributed by atoms with Crippen LogP contribution in [0.2, 0.25) is 5.02 Å². The summed E-state index contributed by atoms with van der Waals surface area (Å²) in [6.45, 7) is 4.00. The number of fused-ring (bicyclic) bond motifs is 1. The SMILES string of the molecule is COc1ccc(-n2c(SCC(=O)Nc3ccc(C)c(C)c3)nc3[nH]ncc3c2=O)cc1Cl. The van der Waals surface area contributed by atoms with Gasteiger partial charge in [-0.1, -0.05) is 29.4 Å². The molecule has 0 bridgehead atoms. The molecular formula is C22H20ClN5O3S. The number of aromatic nitrogens is 4. The third-order valence-electron chi connectivity index (χ3n) is 4.97. The van der Waals surface area contributed by atoms with Crippen molar-refractivity contribution in [2.24, 2.45) is 0 Å². The van der Waals surface area contributed by atoms with Gasteiger partial charge in [-0.2, -0.15) is 5.10 Å². The molecular weight excluding hydrogens is 450 g/mol. The summed E-state index contributed by atoms with van der Waals surface area (Å²) < 4.78 is 6.61. The Bertz CT molecular complexity index is 1380. The fourth-order valence-electron chi connectivity index (χ4n) is 3.14. The molecule has 8 nitrogen and oxygen atoms in total. The second kappa shape index (κ2) is 9.05. The molecule has 1 amide bonds. The van der Waals surface area contributed by atoms with Gasteiger partial charge < -0.3 is 10.1 Å². The quantitative estimate of drug-likeness (QED) is 0.325. The molecule has 0 fully saturated rings. The summed E-state index contributed by atoms with van der Waals surface area (Å²) in [6, 6.07) is 10.7. The number of nitrogens with one attached hydrogen (secondary N) is 2. The van der Waals surface area contributed by atoms with E-state index in [0.717, 1.165) is 28.6 Å². The molecule has 2 N–H and O–H groups in total. The van der Waals surface area contributed by atoms with Crippen LogP contribution in [0.5, 0.6) is 5.75 Å². The van der Waals surface area contributed by atoms with Crippen molar-refractivity contribution in [3.05, 3.63) is 69.1 Å². The summed E-state index contributed by atoms with van der Waals surface area (Å²) in [5.41, 5.74) is 3.50. The fourth-order valence-corrected chi connectivity index (χ4v) is 4.20. The number of hydrogen-bond acceptors (Lipinski definition) is 6. The van der Waals surface area contributed by atoms with Gasteiger partial charge in [0.2, 0.25) is 5.91 Å². The minimum atomic E-state index is -0.318. The number of carbonyl (C=O) groups is 1. The predicted octanol–water partition coefficient (Wildman–Crippen LogP) is 4.12. The molecule has 2 aromatic carbocycles. The molecule has 0 radical (unpaired) electrons. The van der Waals surface area contributed by atoms with Gasteiger partial charge in [0.05, 0.1) is 29.8 Å². The average Bonchev–Trinajstić information content (AvgIpc) is 3.24. The maximum atomic E-state index is 13.2. The smallest absolute Gasteiger partial charge is 0.269 e. The van der Waals surface area contributed by atoms with Gasteiger partial charge in [-0.3, -0.25) is 19.3 Å². The number of hydrogen-bond donors (Lipinski definition) is 2. The number of amides is 1. The number of aryl methyl sites for hydroxylation is 2. The number of ether oxygens (including phenoxy) is 1. The first kappa shape index (κ1) is 21.9. The van der Waals surface area contributed by atoms with E-state index in [-0.39, 0.29) is 17.2 Å². The summed E-state index contributed by atoms with van der Waals surface area (Å²) in [6.07, 6.45) is 1.42. The van der Waals surface area contributed by atoms with Crippen LogP contribution in [0.1, 0.15) is 11.1 Å². The Balaban J connectivity index is 1.65. The first-order valence-corrected chi connectivity index (χ1v) is 11.0. The topological polar surface area (TPSA) is 102 Å². The van der Waals surface area contributed by atoms with Crippen LogP contribution in [0.25, 0.3) is 16.7 Å². The van der Waals surface area contributed by atoms with Gasteiger partial charge in [-0.25, -0.2) is 4.98 Å². The molecule has 4 rings (SSSR count). The summed E-state index contributed by atoms with van der Waals surface area (Å²) in [5.74, 6) is 0.336. The summed E-state index contributed by atoms with van der Waals surface area (Å²) >= 11 is 7.42. The Morgan fingerprint density at radius 3 is 2.75 bits per heavy atom. The van der Waals surface area contributed by atoms with Gasteiger partial charge >= 0.3 is 0 Å². The number of aromatic amines is 1. The highest BCUT2D eigenvalue weighted by Gasteiger charge is 2.17. The van der Waals surface area contributed by atoms with Crippen molar-refractivity contribution in [2.75, 3.05) is 18.2 Å². The maximum absolute atomic E-state index is 13.2. The number of thioether (sulfide) groups is 1. The van der Waals surface area contributed by atoms with Gasteiger partial charge in [0.25, 0.3) is 5.56 Å². The van der Waals surface area contributed by atoms with Crippen molar-refractivity contribution in [1.82, 2.24) is 19.7 Å². The first-order valence-electron chi connectivity index (χ1n) is 9.67. The Labute approximate surface area is 193 Å². The number of carbonyl (C=O) groups excluding carboxylic acids is 1. The molecule has 0 spiro atoms. The van der Waals surface area contributed by atoms with Crippen LogP contribution in [0, 0.1) is 13.8 Å². The van der Waals surface area contributed by atoms with Crippen molar-refractivity contribution in [1.29, 1.82) is 0 Å². The Hall–Kier alpha value is -3.30. The highest BCUT2D eigenvalue weighted by Crippen LogP contribution is 2.28. The van der Waals surface area contributed by atoms with Crippen LogP contribution in [0.15, 0.2) is 52.5 Å². The molecule has 10 heteroatoms. The van der Waals surface area contributed by atoms with E-state index >= 15 is 0 Å². The Morgan fingerprint density at radius 1 is 1.22 bits per heavy atom. The molecule has 0 aliphatic rings. The molecule has 0 saturated carbocycles. The molecule has 0 aliphatic heterocycles. The first-order chi connectivity index (χ1) is 15.4. The second-order valence-corrected chi connectivity index (χ2v) is 8.47. The lowest BCUT2D eigenvalue weighted by Crippen LogP contribution is -2.22. The normalized spacial score (nSPS) is 11.0. The van der Waals surface area contributed by atoms with Crippen molar-refractivity contribution in [3.63, 3.8) is 0 Å². The van der Waals surface area contributed by atoms with Gasteiger partial charge in [-0.05, 0) is 55.3 Å². The Morgan fingerprint density at radius 2 is 2.03 bits per heavy atom. The predicted molar refractivity (Wildman–Crippen MR) is 126 cm³/mol. The number of methoxy groups -OCH3 is 1. The van der Waals surface area contributed by atoms with Gasteiger partial charge in [0.15, 0.2) is 10.8 Å². The van der Waals surface area contributed by atoms with Crippen LogP contribution in [0.4, 0.5) is 5.69 Å². The molecule has 2 aromatic heterocycles. The molecule has 32 heavy (non-hydrogen) atoms. The monoisotopic (exact) mass is 469 g/mol. The third-order valence-corrected chi connectivity index (χ3v) is 6.20. The lowest BCUT2D eigenvalue weighted by Gasteiger charge is -2.13. The van der Waals surface area contributed by atoms with E-state index < -0.39 is 0 Å². The van der Waals surface area contributed by atoms with Crippen molar-refractivity contribution < 1.29 is 9.53 Å². The van der Waals surface area contributed by atoms with Gasteiger partial charge in [0.1, 0.15) is 11.1 Å². The van der Waals surface area contributed by atoms with Crippen LogP contribution in [0.3, 0.4) is 0 Å². The van der Waals surface area contributed by atoms with E-state index in [1.54, 1.807) is 18.2 Å². The van der Waals surface area contributed by atoms with E-state index in [1.165, 1.54) is 17.9 Å². The van der Waals surface area contributed by atoms with E-state index in [2.05, 4.69) is 20.5 Å². The van der Waals surface area contributed by atoms with Gasteiger partial charge in [-0.15, -0.1) is 0 Å². The zero-order chi connectivity index (χ0) is 22.8. The number of H-pyrrole nitrogens is 1. The van der Waals surface area contributed by atoms with E-state index in [4.69, 9.17) is 16.3 Å². The van der Waals surface area contributed by atoms with Crippen molar-refractivity contribution >= 4 is 46.0 Å². The zero-order valence-electron chi connectivity index (χ0n) is 17.6. The van der Waals surface area contributed by atoms with E-state index in [9.17, 15) is 9.59 Å². The molecule has 164 valence electrons. The van der Waals surface area contributed by atoms with Crippen LogP contribution in [-0.4, -0.2) is 38.5 Å². The largest absolute Gasteiger partial charge is 0.495 e. The van der Waals surface area contributed by atoms with Crippen molar-refractivity contribution in [3.8, 4) is 11.4 Å². The molecule has 0 atom stereocenters. The van der Waals surface area contributed by atoms with E-state index in [0.29, 0.717) is 32.6 Å². The lowest BCUT2D eigenvalue weighted by molar-refractivity contribution is -0.113. The lowest BCUT2D eigenvalue weighted by atomic mass is 10.1. The molecule has 0 saturated heterocycles. The maximum Gasteiger partial charge on any atom is 0.269 e. The third kappa shape index (κ3) is 4.35. The number of nitrogens with zero attached hydrogens (tertiary/aromatic N) is 3. The van der Waals surface area contributed by atoms with E-state index in [1.807, 2.05) is 32.0 Å². The minimum Gasteiger partial charge on any atom is -0.495 e. The zero-order valence-corrected chi connectivity index (χ0v) is 19.2. The number of benzene rings is 2. The summed E-state index contributed by atoms with van der Waals surface area (Å²) in [5, 5.41) is 10.5. The molecule has 4 aromatic rings. The summed E-state index contributed by atoms with van der Waals surface area (Å²) in [4.78, 5) is 30.2. The average molecular weight is 470 g/mol. The van der Waals surface area contributed by atoms with Gasteiger partial charge in [0, 0.05) is 5.69 Å². The highest BCUT2D eigenvalue weighted by molar-refractivity contribution is 7.99. The fraction of sp³-hybridized carbons (Fsp3) is 0.182. The van der Waals surface area contributed by atoms with Crippen LogP contribution < -0.4 is 15.6 Å². The minimum absolute atomic E-state index is 0.0584. The standard InChI is InChI=1S/C22H20ClN5O3S/c1-12-4-5-14(8-13(12)2)25-19(29)11-32-22-26-20-16(10-24-27-20)21(30)28(22)15-6-7-18(31-3)17(23)9-15/h4-10H,11H2,1-3H3,(H,24,27)(H,25,29). The molecule has 2 heterocycles. The number of halogens is 1.